The Morgan fingerprint density at radius 2 is 1.68 bits per heavy atom. The summed E-state index contributed by atoms with van der Waals surface area (Å²) in [4.78, 5) is 2.09. The molecule has 0 heterocycles. The summed E-state index contributed by atoms with van der Waals surface area (Å²) in [5.41, 5.74) is 5.10. The van der Waals surface area contributed by atoms with Crippen molar-refractivity contribution in [2.24, 2.45) is 0 Å². The van der Waals surface area contributed by atoms with Crippen LogP contribution in [0.5, 0.6) is 0 Å². The van der Waals surface area contributed by atoms with Gasteiger partial charge in [-0.25, -0.2) is 0 Å². The average Bonchev–Trinajstić information content (AvgIpc) is 2.47. The first kappa shape index (κ1) is 16.2. The van der Waals surface area contributed by atoms with Gasteiger partial charge in [-0.05, 0) is 44.2 Å². The zero-order valence-corrected chi connectivity index (χ0v) is 13.4. The SMILES string of the molecule is Cc1cc(C)cc(C(O)CN(C)Cc2ccc(C#N)cc2)c1. The summed E-state index contributed by atoms with van der Waals surface area (Å²) >= 11 is 0. The van der Waals surface area contributed by atoms with E-state index in [1.165, 1.54) is 11.1 Å². The predicted molar refractivity (Wildman–Crippen MR) is 88.4 cm³/mol. The van der Waals surface area contributed by atoms with E-state index < -0.39 is 6.10 Å². The fraction of sp³-hybridized carbons (Fsp3) is 0.316. The molecule has 0 fully saturated rings. The molecule has 3 nitrogen and oxygen atoms in total. The summed E-state index contributed by atoms with van der Waals surface area (Å²) in [6.45, 7) is 5.41. The molecule has 0 bridgehead atoms. The lowest BCUT2D eigenvalue weighted by Crippen LogP contribution is -2.24. The maximum absolute atomic E-state index is 10.4. The minimum Gasteiger partial charge on any atom is -0.387 e. The number of nitrogens with zero attached hydrogens (tertiary/aromatic N) is 2. The number of hydrogen-bond donors (Lipinski definition) is 1. The molecule has 0 saturated heterocycles. The van der Waals surface area contributed by atoms with Crippen molar-refractivity contribution in [1.29, 1.82) is 5.26 Å². The van der Waals surface area contributed by atoms with Crippen LogP contribution in [-0.2, 0) is 6.54 Å². The summed E-state index contributed by atoms with van der Waals surface area (Å²) in [6.07, 6.45) is -0.498. The monoisotopic (exact) mass is 294 g/mol. The van der Waals surface area contributed by atoms with Crippen LogP contribution in [0.4, 0.5) is 0 Å². The van der Waals surface area contributed by atoms with E-state index in [-0.39, 0.29) is 0 Å². The molecule has 2 aromatic rings. The number of benzene rings is 2. The number of likely N-dealkylation sites (N-methyl/N-ethyl adjacent to an activating group) is 1. The Bertz CT molecular complexity index is 651. The van der Waals surface area contributed by atoms with Crippen molar-refractivity contribution >= 4 is 0 Å². The van der Waals surface area contributed by atoms with E-state index in [1.807, 2.05) is 57.3 Å². The van der Waals surface area contributed by atoms with E-state index >= 15 is 0 Å². The molecule has 1 N–H and O–H groups in total. The molecule has 22 heavy (non-hydrogen) atoms. The number of aliphatic hydroxyl groups is 1. The van der Waals surface area contributed by atoms with Crippen LogP contribution in [0.15, 0.2) is 42.5 Å². The van der Waals surface area contributed by atoms with Crippen molar-refractivity contribution in [3.8, 4) is 6.07 Å². The summed E-state index contributed by atoms with van der Waals surface area (Å²) < 4.78 is 0. The van der Waals surface area contributed by atoms with Crippen LogP contribution in [0.1, 0.15) is 33.9 Å². The summed E-state index contributed by atoms with van der Waals surface area (Å²) in [5.74, 6) is 0. The summed E-state index contributed by atoms with van der Waals surface area (Å²) in [6, 6.07) is 15.9. The van der Waals surface area contributed by atoms with Gasteiger partial charge >= 0.3 is 0 Å². The molecule has 0 aromatic heterocycles. The van der Waals surface area contributed by atoms with Crippen molar-refractivity contribution in [1.82, 2.24) is 4.90 Å². The third-order valence-electron chi connectivity index (χ3n) is 3.65. The Morgan fingerprint density at radius 1 is 1.09 bits per heavy atom. The van der Waals surface area contributed by atoms with Crippen LogP contribution in [0.3, 0.4) is 0 Å². The van der Waals surface area contributed by atoms with Gasteiger partial charge in [0.25, 0.3) is 0 Å². The Balaban J connectivity index is 1.98. The van der Waals surface area contributed by atoms with Crippen LogP contribution in [0.25, 0.3) is 0 Å². The average molecular weight is 294 g/mol. The smallest absolute Gasteiger partial charge is 0.0991 e. The van der Waals surface area contributed by atoms with Crippen LogP contribution >= 0.6 is 0 Å². The standard InChI is InChI=1S/C19H22N2O/c1-14-8-15(2)10-18(9-14)19(22)13-21(3)12-17-6-4-16(11-20)5-7-17/h4-10,19,22H,12-13H2,1-3H3. The summed E-state index contributed by atoms with van der Waals surface area (Å²) in [5, 5.41) is 19.2. The molecule has 0 amide bonds. The molecule has 0 radical (unpaired) electrons. The van der Waals surface area contributed by atoms with E-state index in [2.05, 4.69) is 17.0 Å². The van der Waals surface area contributed by atoms with Gasteiger partial charge < -0.3 is 5.11 Å². The Kier molecular flexibility index (Phi) is 5.32. The lowest BCUT2D eigenvalue weighted by atomic mass is 10.0. The largest absolute Gasteiger partial charge is 0.387 e. The van der Waals surface area contributed by atoms with Gasteiger partial charge in [0.1, 0.15) is 0 Å². The van der Waals surface area contributed by atoms with E-state index in [4.69, 9.17) is 5.26 Å². The zero-order chi connectivity index (χ0) is 16.1. The normalized spacial score (nSPS) is 12.2. The number of rotatable bonds is 5. The topological polar surface area (TPSA) is 47.3 Å². The molecule has 3 heteroatoms. The maximum atomic E-state index is 10.4. The highest BCUT2D eigenvalue weighted by Gasteiger charge is 2.12. The molecule has 1 unspecified atom stereocenters. The Hall–Kier alpha value is -2.15. The number of nitriles is 1. The molecule has 1 atom stereocenters. The van der Waals surface area contributed by atoms with Gasteiger partial charge in [-0.1, -0.05) is 41.5 Å². The van der Waals surface area contributed by atoms with Crippen molar-refractivity contribution in [3.63, 3.8) is 0 Å². The molecular formula is C19H22N2O. The van der Waals surface area contributed by atoms with Gasteiger partial charge in [0.2, 0.25) is 0 Å². The van der Waals surface area contributed by atoms with Gasteiger partial charge in [-0.15, -0.1) is 0 Å². The van der Waals surface area contributed by atoms with E-state index in [0.29, 0.717) is 12.1 Å². The van der Waals surface area contributed by atoms with Gasteiger partial charge in [-0.2, -0.15) is 5.26 Å². The van der Waals surface area contributed by atoms with Gasteiger partial charge in [-0.3, -0.25) is 4.90 Å². The number of aliphatic hydroxyl groups excluding tert-OH is 1. The van der Waals surface area contributed by atoms with Gasteiger partial charge in [0.15, 0.2) is 0 Å². The highest BCUT2D eigenvalue weighted by atomic mass is 16.3. The molecule has 0 spiro atoms. The van der Waals surface area contributed by atoms with Gasteiger partial charge in [0.05, 0.1) is 17.7 Å². The van der Waals surface area contributed by atoms with Gasteiger partial charge in [0, 0.05) is 13.1 Å². The second-order valence-corrected chi connectivity index (χ2v) is 5.94. The molecule has 114 valence electrons. The van der Waals surface area contributed by atoms with Crippen molar-refractivity contribution in [2.45, 2.75) is 26.5 Å². The van der Waals surface area contributed by atoms with Crippen LogP contribution in [0, 0.1) is 25.2 Å². The minimum atomic E-state index is -0.498. The van der Waals surface area contributed by atoms with E-state index in [1.54, 1.807) is 0 Å². The Morgan fingerprint density at radius 3 is 2.23 bits per heavy atom. The van der Waals surface area contributed by atoms with Crippen molar-refractivity contribution < 1.29 is 5.11 Å². The third kappa shape index (κ3) is 4.42. The van der Waals surface area contributed by atoms with Crippen LogP contribution < -0.4 is 0 Å². The Labute approximate surface area is 132 Å². The minimum absolute atomic E-state index is 0.498. The molecule has 0 saturated carbocycles. The lowest BCUT2D eigenvalue weighted by Gasteiger charge is -2.21. The van der Waals surface area contributed by atoms with E-state index in [0.717, 1.165) is 17.7 Å². The molecule has 0 aliphatic rings. The maximum Gasteiger partial charge on any atom is 0.0991 e. The van der Waals surface area contributed by atoms with Crippen molar-refractivity contribution in [3.05, 3.63) is 70.3 Å². The fourth-order valence-corrected chi connectivity index (χ4v) is 2.66. The molecular weight excluding hydrogens is 272 g/mol. The van der Waals surface area contributed by atoms with Crippen LogP contribution in [0.2, 0.25) is 0 Å². The number of aryl methyl sites for hydroxylation is 2. The fourth-order valence-electron chi connectivity index (χ4n) is 2.66. The zero-order valence-electron chi connectivity index (χ0n) is 13.4. The lowest BCUT2D eigenvalue weighted by molar-refractivity contribution is 0.123. The second kappa shape index (κ2) is 7.22. The quantitative estimate of drug-likeness (QED) is 0.920. The van der Waals surface area contributed by atoms with Crippen LogP contribution in [-0.4, -0.2) is 23.6 Å². The highest BCUT2D eigenvalue weighted by molar-refractivity contribution is 5.32. The highest BCUT2D eigenvalue weighted by Crippen LogP contribution is 2.18. The first-order valence-electron chi connectivity index (χ1n) is 7.42. The van der Waals surface area contributed by atoms with E-state index in [9.17, 15) is 5.11 Å². The van der Waals surface area contributed by atoms with Crippen molar-refractivity contribution in [2.75, 3.05) is 13.6 Å². The first-order valence-corrected chi connectivity index (χ1v) is 7.42. The molecule has 0 aliphatic carbocycles. The number of hydrogen-bond acceptors (Lipinski definition) is 3. The third-order valence-corrected chi connectivity index (χ3v) is 3.65. The molecule has 0 aliphatic heterocycles. The summed E-state index contributed by atoms with van der Waals surface area (Å²) in [7, 11) is 1.99. The molecule has 2 rings (SSSR count). The molecule has 2 aromatic carbocycles. The first-order chi connectivity index (χ1) is 10.5. The predicted octanol–water partition coefficient (Wildman–Crippen LogP) is 3.34. The second-order valence-electron chi connectivity index (χ2n) is 5.94.